The van der Waals surface area contributed by atoms with Gasteiger partial charge in [0.25, 0.3) is 11.6 Å². The Kier molecular flexibility index (Phi) is 5.29. The van der Waals surface area contributed by atoms with Crippen LogP contribution < -0.4 is 4.90 Å². The monoisotopic (exact) mass is 457 g/mol. The lowest BCUT2D eigenvalue weighted by atomic mass is 10.2. The molecule has 1 amide bonds. The first-order valence-corrected chi connectivity index (χ1v) is 11.6. The van der Waals surface area contributed by atoms with E-state index in [0.717, 1.165) is 6.26 Å². The van der Waals surface area contributed by atoms with Crippen molar-refractivity contribution < 1.29 is 22.6 Å². The summed E-state index contributed by atoms with van der Waals surface area (Å²) in [5.74, 6) is 0.0973. The zero-order valence-corrected chi connectivity index (χ0v) is 17.7. The summed E-state index contributed by atoms with van der Waals surface area (Å²) in [6.45, 7) is 0.0849. The van der Waals surface area contributed by atoms with Crippen LogP contribution >= 0.6 is 11.3 Å². The number of hydrogen-bond donors (Lipinski definition) is 0. The van der Waals surface area contributed by atoms with Gasteiger partial charge in [-0.2, -0.15) is 0 Å². The van der Waals surface area contributed by atoms with Gasteiger partial charge in [-0.25, -0.2) is 13.4 Å². The molecule has 2 aromatic heterocycles. The van der Waals surface area contributed by atoms with Gasteiger partial charge >= 0.3 is 0 Å². The maximum atomic E-state index is 13.2. The number of anilines is 1. The molecular formula is C20H15N3O6S2. The van der Waals surface area contributed by atoms with Crippen LogP contribution in [0.4, 0.5) is 10.8 Å². The van der Waals surface area contributed by atoms with Crippen LogP contribution in [0, 0.1) is 10.1 Å². The lowest BCUT2D eigenvalue weighted by molar-refractivity contribution is -0.384. The van der Waals surface area contributed by atoms with Gasteiger partial charge in [0.2, 0.25) is 0 Å². The normalized spacial score (nSPS) is 11.5. The summed E-state index contributed by atoms with van der Waals surface area (Å²) >= 11 is 1.17. The summed E-state index contributed by atoms with van der Waals surface area (Å²) < 4.78 is 29.7. The van der Waals surface area contributed by atoms with E-state index in [1.807, 2.05) is 0 Å². The number of sulfone groups is 1. The van der Waals surface area contributed by atoms with E-state index in [4.69, 9.17) is 4.42 Å². The van der Waals surface area contributed by atoms with Crippen molar-refractivity contribution in [1.29, 1.82) is 0 Å². The maximum Gasteiger partial charge on any atom is 0.269 e. The van der Waals surface area contributed by atoms with Crippen LogP contribution in [0.15, 0.2) is 70.2 Å². The fraction of sp³-hybridized carbons (Fsp3) is 0.100. The van der Waals surface area contributed by atoms with Crippen LogP contribution in [-0.4, -0.2) is 30.5 Å². The van der Waals surface area contributed by atoms with E-state index in [1.165, 1.54) is 58.9 Å². The first-order valence-electron chi connectivity index (χ1n) is 8.92. The average Bonchev–Trinajstić information content (AvgIpc) is 3.39. The fourth-order valence-corrected chi connectivity index (χ4v) is 4.63. The Labute approximate surface area is 180 Å². The number of nitro groups is 1. The van der Waals surface area contributed by atoms with Crippen molar-refractivity contribution in [2.24, 2.45) is 0 Å². The molecule has 0 bridgehead atoms. The van der Waals surface area contributed by atoms with E-state index in [9.17, 15) is 23.3 Å². The van der Waals surface area contributed by atoms with E-state index < -0.39 is 20.7 Å². The van der Waals surface area contributed by atoms with Gasteiger partial charge in [-0.15, -0.1) is 0 Å². The number of hydrogen-bond acceptors (Lipinski definition) is 8. The third-order valence-electron chi connectivity index (χ3n) is 4.47. The lowest BCUT2D eigenvalue weighted by Gasteiger charge is -2.18. The second kappa shape index (κ2) is 7.93. The zero-order valence-electron chi connectivity index (χ0n) is 16.1. The van der Waals surface area contributed by atoms with E-state index in [-0.39, 0.29) is 22.7 Å². The number of thiazole rings is 1. The van der Waals surface area contributed by atoms with E-state index in [1.54, 1.807) is 18.2 Å². The zero-order chi connectivity index (χ0) is 22.2. The first kappa shape index (κ1) is 20.7. The minimum Gasteiger partial charge on any atom is -0.467 e. The molecule has 158 valence electrons. The predicted molar refractivity (Wildman–Crippen MR) is 115 cm³/mol. The van der Waals surface area contributed by atoms with Crippen LogP contribution in [0.5, 0.6) is 0 Å². The number of nitro benzene ring substituents is 1. The number of carbonyl (C=O) groups excluding carboxylic acids is 1. The summed E-state index contributed by atoms with van der Waals surface area (Å²) in [7, 11) is -3.39. The number of furan rings is 1. The van der Waals surface area contributed by atoms with Gasteiger partial charge in [0.05, 0.1) is 32.8 Å². The summed E-state index contributed by atoms with van der Waals surface area (Å²) in [6.07, 6.45) is 2.61. The van der Waals surface area contributed by atoms with Crippen LogP contribution in [-0.2, 0) is 16.4 Å². The van der Waals surface area contributed by atoms with Crippen LogP contribution in [0.25, 0.3) is 10.2 Å². The number of rotatable bonds is 6. The van der Waals surface area contributed by atoms with Crippen molar-refractivity contribution >= 4 is 48.1 Å². The van der Waals surface area contributed by atoms with E-state index >= 15 is 0 Å². The molecule has 0 spiro atoms. The highest BCUT2D eigenvalue weighted by molar-refractivity contribution is 7.90. The van der Waals surface area contributed by atoms with Gasteiger partial charge in [0.15, 0.2) is 15.0 Å². The van der Waals surface area contributed by atoms with E-state index in [0.29, 0.717) is 21.1 Å². The van der Waals surface area contributed by atoms with Gasteiger partial charge < -0.3 is 4.42 Å². The Morgan fingerprint density at radius 2 is 1.94 bits per heavy atom. The SMILES string of the molecule is CS(=O)(=O)c1ccc2nc(N(Cc3ccco3)C(=O)c3ccc([N+](=O)[O-])cc3)sc2c1. The van der Waals surface area contributed by atoms with Crippen LogP contribution in [0.3, 0.4) is 0 Å². The minimum absolute atomic E-state index is 0.0849. The molecule has 2 heterocycles. The highest BCUT2D eigenvalue weighted by Crippen LogP contribution is 2.32. The lowest BCUT2D eigenvalue weighted by Crippen LogP contribution is -2.30. The molecule has 0 fully saturated rings. The number of carbonyl (C=O) groups is 1. The van der Waals surface area contributed by atoms with Crippen LogP contribution in [0.2, 0.25) is 0 Å². The van der Waals surface area contributed by atoms with Crippen molar-refractivity contribution in [3.05, 3.63) is 82.3 Å². The summed E-state index contributed by atoms with van der Waals surface area (Å²) in [5, 5.41) is 11.2. The molecule has 0 unspecified atom stereocenters. The van der Waals surface area contributed by atoms with Crippen LogP contribution in [0.1, 0.15) is 16.1 Å². The molecule has 4 rings (SSSR count). The average molecular weight is 457 g/mol. The largest absolute Gasteiger partial charge is 0.467 e. The molecule has 0 saturated carbocycles. The smallest absolute Gasteiger partial charge is 0.269 e. The summed E-state index contributed by atoms with van der Waals surface area (Å²) in [4.78, 5) is 29.6. The highest BCUT2D eigenvalue weighted by atomic mass is 32.2. The number of non-ortho nitro benzene ring substituents is 1. The maximum absolute atomic E-state index is 13.2. The molecule has 9 nitrogen and oxygen atoms in total. The number of benzene rings is 2. The standard InChI is InChI=1S/C20H15N3O6S2/c1-31(27,28)16-8-9-17-18(11-16)30-20(21-17)22(12-15-3-2-10-29-15)19(24)13-4-6-14(7-5-13)23(25)26/h2-11H,12H2,1H3. The molecule has 31 heavy (non-hydrogen) atoms. The fourth-order valence-electron chi connectivity index (χ4n) is 2.91. The Morgan fingerprint density at radius 1 is 1.19 bits per heavy atom. The molecule has 4 aromatic rings. The van der Waals surface area contributed by atoms with Gasteiger partial charge in [-0.05, 0) is 42.5 Å². The van der Waals surface area contributed by atoms with Crippen molar-refractivity contribution in [2.75, 3.05) is 11.2 Å². The number of nitrogens with zero attached hydrogens (tertiary/aromatic N) is 3. The number of aromatic nitrogens is 1. The molecule has 0 aliphatic carbocycles. The van der Waals surface area contributed by atoms with Crippen molar-refractivity contribution in [2.45, 2.75) is 11.4 Å². The summed E-state index contributed by atoms with van der Waals surface area (Å²) in [5.41, 5.74) is 0.670. The molecule has 0 aliphatic heterocycles. The molecule has 11 heteroatoms. The third kappa shape index (κ3) is 4.32. The minimum atomic E-state index is -3.39. The molecule has 0 aliphatic rings. The Morgan fingerprint density at radius 3 is 2.55 bits per heavy atom. The summed E-state index contributed by atoms with van der Waals surface area (Å²) in [6, 6.07) is 13.3. The molecule has 0 N–H and O–H groups in total. The highest BCUT2D eigenvalue weighted by Gasteiger charge is 2.24. The molecule has 0 saturated heterocycles. The second-order valence-corrected chi connectivity index (χ2v) is 9.70. The van der Waals surface area contributed by atoms with E-state index in [2.05, 4.69) is 4.98 Å². The quantitative estimate of drug-likeness (QED) is 0.316. The van der Waals surface area contributed by atoms with Gasteiger partial charge in [-0.3, -0.25) is 19.8 Å². The first-order chi connectivity index (χ1) is 14.7. The molecule has 0 radical (unpaired) electrons. The Balaban J connectivity index is 1.75. The molecule has 2 aromatic carbocycles. The number of amides is 1. The van der Waals surface area contributed by atoms with Crippen molar-refractivity contribution in [3.63, 3.8) is 0 Å². The van der Waals surface area contributed by atoms with Crippen molar-refractivity contribution in [1.82, 2.24) is 4.98 Å². The Hall–Kier alpha value is -3.57. The van der Waals surface area contributed by atoms with Gasteiger partial charge in [0, 0.05) is 24.0 Å². The topological polar surface area (TPSA) is 124 Å². The van der Waals surface area contributed by atoms with Crippen molar-refractivity contribution in [3.8, 4) is 0 Å². The number of fused-ring (bicyclic) bond motifs is 1. The van der Waals surface area contributed by atoms with Gasteiger partial charge in [-0.1, -0.05) is 11.3 Å². The Bertz CT molecular complexity index is 1380. The second-order valence-electron chi connectivity index (χ2n) is 6.67. The molecule has 0 atom stereocenters. The molecular weight excluding hydrogens is 442 g/mol. The third-order valence-corrected chi connectivity index (χ3v) is 6.62. The predicted octanol–water partition coefficient (Wildman–Crippen LogP) is 4.05. The van der Waals surface area contributed by atoms with Gasteiger partial charge in [0.1, 0.15) is 5.76 Å².